The minimum Gasteiger partial charge on any atom is -0.335 e. The lowest BCUT2D eigenvalue weighted by Gasteiger charge is -2.34. The van der Waals surface area contributed by atoms with Gasteiger partial charge in [-0.05, 0) is 41.5 Å². The molecule has 0 spiro atoms. The van der Waals surface area contributed by atoms with Crippen LogP contribution >= 0.6 is 0 Å². The Morgan fingerprint density at radius 1 is 0.867 bits per heavy atom. The fraction of sp³-hybridized carbons (Fsp3) is 0.208. The van der Waals surface area contributed by atoms with Gasteiger partial charge < -0.3 is 14.2 Å². The van der Waals surface area contributed by atoms with Gasteiger partial charge in [-0.3, -0.25) is 9.59 Å². The highest BCUT2D eigenvalue weighted by Crippen LogP contribution is 2.21. The van der Waals surface area contributed by atoms with Crippen LogP contribution in [0.2, 0.25) is 0 Å². The number of nitrogens with zero attached hydrogens (tertiary/aromatic N) is 4. The summed E-state index contributed by atoms with van der Waals surface area (Å²) in [6.45, 7) is 4.04. The number of benzene rings is 2. The molecule has 3 heterocycles. The van der Waals surface area contributed by atoms with Crippen molar-refractivity contribution in [2.75, 3.05) is 26.2 Å². The van der Waals surface area contributed by atoms with E-state index in [1.807, 2.05) is 77.0 Å². The normalized spacial score (nSPS) is 14.4. The molecule has 30 heavy (non-hydrogen) atoms. The Labute approximate surface area is 174 Å². The minimum atomic E-state index is -0.0892. The summed E-state index contributed by atoms with van der Waals surface area (Å²) >= 11 is 0. The van der Waals surface area contributed by atoms with Crippen molar-refractivity contribution in [1.82, 2.24) is 19.2 Å². The number of carbonyl (C=O) groups excluding carboxylic acids is 2. The number of hydrogen-bond acceptors (Lipinski definition) is 3. The van der Waals surface area contributed by atoms with Gasteiger partial charge in [-0.1, -0.05) is 36.4 Å². The number of carbonyl (C=O) groups is 2. The summed E-state index contributed by atoms with van der Waals surface area (Å²) < 4.78 is 1.86. The third kappa shape index (κ3) is 3.20. The first-order valence-electron chi connectivity index (χ1n) is 10.1. The molecule has 1 aliphatic rings. The molecule has 0 atom stereocenters. The van der Waals surface area contributed by atoms with Crippen molar-refractivity contribution in [1.29, 1.82) is 0 Å². The maximum absolute atomic E-state index is 13.1. The molecule has 0 radical (unpaired) electrons. The molecule has 1 aliphatic heterocycles. The number of pyridine rings is 1. The zero-order valence-corrected chi connectivity index (χ0v) is 16.8. The maximum atomic E-state index is 13.1. The summed E-state index contributed by atoms with van der Waals surface area (Å²) in [5.74, 6) is -0.0734. The van der Waals surface area contributed by atoms with Gasteiger partial charge in [-0.25, -0.2) is 4.98 Å². The lowest BCUT2D eigenvalue weighted by Crippen LogP contribution is -2.50. The molecule has 2 amide bonds. The van der Waals surface area contributed by atoms with E-state index in [4.69, 9.17) is 0 Å². The quantitative estimate of drug-likeness (QED) is 0.520. The highest BCUT2D eigenvalue weighted by molar-refractivity contribution is 6.07. The Morgan fingerprint density at radius 3 is 2.37 bits per heavy atom. The maximum Gasteiger partial charge on any atom is 0.274 e. The Kier molecular flexibility index (Phi) is 4.47. The largest absolute Gasteiger partial charge is 0.335 e. The summed E-state index contributed by atoms with van der Waals surface area (Å²) in [4.78, 5) is 34.1. The average molecular weight is 398 g/mol. The molecule has 5 rings (SSSR count). The van der Waals surface area contributed by atoms with Gasteiger partial charge in [0.05, 0.1) is 0 Å². The number of fused-ring (bicyclic) bond motifs is 2. The monoisotopic (exact) mass is 398 g/mol. The van der Waals surface area contributed by atoms with E-state index >= 15 is 0 Å². The van der Waals surface area contributed by atoms with Gasteiger partial charge in [0.15, 0.2) is 0 Å². The number of aryl methyl sites for hydroxylation is 1. The summed E-state index contributed by atoms with van der Waals surface area (Å²) in [7, 11) is 0. The zero-order valence-electron chi connectivity index (χ0n) is 16.8. The van der Waals surface area contributed by atoms with E-state index in [2.05, 4.69) is 4.98 Å². The van der Waals surface area contributed by atoms with Crippen LogP contribution in [0.3, 0.4) is 0 Å². The Morgan fingerprint density at radius 2 is 1.57 bits per heavy atom. The van der Waals surface area contributed by atoms with Gasteiger partial charge in [0.1, 0.15) is 11.3 Å². The van der Waals surface area contributed by atoms with Crippen molar-refractivity contribution < 1.29 is 9.59 Å². The van der Waals surface area contributed by atoms with Crippen LogP contribution in [0.1, 0.15) is 26.4 Å². The lowest BCUT2D eigenvalue weighted by molar-refractivity contribution is 0.0533. The van der Waals surface area contributed by atoms with Crippen molar-refractivity contribution in [2.24, 2.45) is 0 Å². The van der Waals surface area contributed by atoms with Gasteiger partial charge >= 0.3 is 0 Å². The molecule has 1 fully saturated rings. The molecule has 0 unspecified atom stereocenters. The van der Waals surface area contributed by atoms with E-state index in [9.17, 15) is 9.59 Å². The minimum absolute atomic E-state index is 0.0158. The second kappa shape index (κ2) is 7.30. The summed E-state index contributed by atoms with van der Waals surface area (Å²) in [6, 6.07) is 17.7. The van der Waals surface area contributed by atoms with Crippen LogP contribution in [-0.2, 0) is 0 Å². The van der Waals surface area contributed by atoms with E-state index in [0.29, 0.717) is 37.4 Å². The average Bonchev–Trinajstić information content (AvgIpc) is 3.21. The molecule has 0 N–H and O–H groups in total. The van der Waals surface area contributed by atoms with Gasteiger partial charge in [0.25, 0.3) is 11.8 Å². The van der Waals surface area contributed by atoms with E-state index in [0.717, 1.165) is 22.0 Å². The molecule has 6 nitrogen and oxygen atoms in total. The van der Waals surface area contributed by atoms with Gasteiger partial charge in [0.2, 0.25) is 0 Å². The second-order valence-electron chi connectivity index (χ2n) is 7.71. The van der Waals surface area contributed by atoms with E-state index in [-0.39, 0.29) is 11.8 Å². The predicted molar refractivity (Wildman–Crippen MR) is 116 cm³/mol. The SMILES string of the molecule is Cc1ccn2cc(C(=O)N3CCN(C(=O)c4cccc5ccccc45)CC3)nc2c1. The first kappa shape index (κ1) is 18.4. The number of aromatic nitrogens is 2. The Hall–Kier alpha value is -3.67. The van der Waals surface area contributed by atoms with E-state index < -0.39 is 0 Å². The summed E-state index contributed by atoms with van der Waals surface area (Å²) in [5, 5.41) is 2.02. The molecule has 1 saturated heterocycles. The number of hydrogen-bond donors (Lipinski definition) is 0. The van der Waals surface area contributed by atoms with Crippen molar-refractivity contribution in [3.05, 3.63) is 83.8 Å². The van der Waals surface area contributed by atoms with Crippen LogP contribution in [0.25, 0.3) is 16.4 Å². The molecule has 0 saturated carbocycles. The smallest absolute Gasteiger partial charge is 0.274 e. The summed E-state index contributed by atoms with van der Waals surface area (Å²) in [5.41, 5.74) is 3.02. The third-order valence-corrected chi connectivity index (χ3v) is 5.71. The molecular weight excluding hydrogens is 376 g/mol. The fourth-order valence-electron chi connectivity index (χ4n) is 4.04. The van der Waals surface area contributed by atoms with Gasteiger partial charge in [-0.2, -0.15) is 0 Å². The number of piperazine rings is 1. The first-order valence-corrected chi connectivity index (χ1v) is 10.1. The lowest BCUT2D eigenvalue weighted by atomic mass is 10.0. The Balaban J connectivity index is 1.30. The predicted octanol–water partition coefficient (Wildman–Crippen LogP) is 3.39. The molecule has 150 valence electrons. The Bertz CT molecular complexity index is 1260. The molecule has 2 aromatic carbocycles. The molecule has 6 heteroatoms. The number of imidazole rings is 1. The van der Waals surface area contributed by atoms with Crippen LogP contribution < -0.4 is 0 Å². The standard InChI is InChI=1S/C24H22N4O2/c1-17-9-10-28-16-21(25-22(28)15-17)24(30)27-13-11-26(12-14-27)23(29)20-8-4-6-18-5-2-3-7-19(18)20/h2-10,15-16H,11-14H2,1H3. The fourth-order valence-corrected chi connectivity index (χ4v) is 4.04. The van der Waals surface area contributed by atoms with Crippen molar-refractivity contribution in [3.8, 4) is 0 Å². The summed E-state index contributed by atoms with van der Waals surface area (Å²) in [6.07, 6.45) is 3.68. The van der Waals surface area contributed by atoms with Crippen LogP contribution in [0, 0.1) is 6.92 Å². The van der Waals surface area contributed by atoms with Crippen molar-refractivity contribution >= 4 is 28.2 Å². The van der Waals surface area contributed by atoms with Crippen LogP contribution in [0.15, 0.2) is 67.0 Å². The van der Waals surface area contributed by atoms with E-state index in [1.54, 1.807) is 11.1 Å². The van der Waals surface area contributed by atoms with Gasteiger partial charge in [0, 0.05) is 44.1 Å². The van der Waals surface area contributed by atoms with Crippen LogP contribution in [0.5, 0.6) is 0 Å². The van der Waals surface area contributed by atoms with Crippen LogP contribution in [0.4, 0.5) is 0 Å². The number of rotatable bonds is 2. The molecule has 2 aromatic heterocycles. The van der Waals surface area contributed by atoms with Crippen LogP contribution in [-0.4, -0.2) is 57.2 Å². The van der Waals surface area contributed by atoms with Crippen molar-refractivity contribution in [2.45, 2.75) is 6.92 Å². The van der Waals surface area contributed by atoms with Crippen molar-refractivity contribution in [3.63, 3.8) is 0 Å². The molecular formula is C24H22N4O2. The third-order valence-electron chi connectivity index (χ3n) is 5.71. The first-order chi connectivity index (χ1) is 14.6. The highest BCUT2D eigenvalue weighted by atomic mass is 16.2. The topological polar surface area (TPSA) is 57.9 Å². The number of amides is 2. The highest BCUT2D eigenvalue weighted by Gasteiger charge is 2.27. The zero-order chi connectivity index (χ0) is 20.7. The molecule has 4 aromatic rings. The van der Waals surface area contributed by atoms with E-state index in [1.165, 1.54) is 0 Å². The second-order valence-corrected chi connectivity index (χ2v) is 7.71. The molecule has 0 bridgehead atoms. The molecule has 0 aliphatic carbocycles. The van der Waals surface area contributed by atoms with Gasteiger partial charge in [-0.15, -0.1) is 0 Å².